The molecule has 0 bridgehead atoms. The first-order valence-corrected chi connectivity index (χ1v) is 7.35. The van der Waals surface area contributed by atoms with Crippen LogP contribution in [0.4, 0.5) is 10.7 Å². The summed E-state index contributed by atoms with van der Waals surface area (Å²) in [5.74, 6) is 0.280. The summed E-state index contributed by atoms with van der Waals surface area (Å²) in [6.45, 7) is 6.44. The number of nitrogens with zero attached hydrogens (tertiary/aromatic N) is 3. The highest BCUT2D eigenvalue weighted by molar-refractivity contribution is 5.87. The minimum Gasteiger partial charge on any atom is -0.464 e. The van der Waals surface area contributed by atoms with E-state index in [0.29, 0.717) is 6.54 Å². The van der Waals surface area contributed by atoms with Crippen LogP contribution < -0.4 is 10.6 Å². The van der Waals surface area contributed by atoms with Gasteiger partial charge in [-0.1, -0.05) is 6.07 Å². The Labute approximate surface area is 133 Å². The Bertz CT molecular complexity index is 828. The zero-order chi connectivity index (χ0) is 16.4. The lowest BCUT2D eigenvalue weighted by Gasteiger charge is -2.17. The first-order valence-electron chi connectivity index (χ1n) is 7.35. The molecule has 0 aliphatic rings. The summed E-state index contributed by atoms with van der Waals surface area (Å²) in [5, 5.41) is 10.6. The quantitative estimate of drug-likeness (QED) is 0.778. The van der Waals surface area contributed by atoms with Crippen molar-refractivity contribution in [1.82, 2.24) is 20.1 Å². The normalized spacial score (nSPS) is 11.6. The summed E-state index contributed by atoms with van der Waals surface area (Å²) in [6, 6.07) is 7.33. The molecule has 0 aliphatic carbocycles. The first kappa shape index (κ1) is 15.1. The zero-order valence-electron chi connectivity index (χ0n) is 13.3. The molecule has 1 aromatic carbocycles. The van der Waals surface area contributed by atoms with Crippen LogP contribution >= 0.6 is 0 Å². The van der Waals surface area contributed by atoms with Crippen LogP contribution in [-0.2, 0) is 12.1 Å². The average Bonchev–Trinajstić information content (AvgIpc) is 3.12. The van der Waals surface area contributed by atoms with E-state index in [2.05, 4.69) is 20.7 Å². The van der Waals surface area contributed by atoms with Gasteiger partial charge in [0.15, 0.2) is 0 Å². The molecule has 3 rings (SSSR count). The standard InChI is InChI=1S/C16H19N5O2/c1-16(2,3)21-10-18-14(20-21)19-15(22)17-9-11-4-5-13-12(8-11)6-7-23-13/h4-8,10H,9H2,1-3H3,(H2,17,19,20,22). The van der Waals surface area contributed by atoms with Gasteiger partial charge < -0.3 is 9.73 Å². The number of fused-ring (bicyclic) bond motifs is 1. The van der Waals surface area contributed by atoms with E-state index in [4.69, 9.17) is 4.42 Å². The molecule has 0 unspecified atom stereocenters. The third-order valence-corrected chi connectivity index (χ3v) is 3.37. The predicted molar refractivity (Wildman–Crippen MR) is 87.1 cm³/mol. The number of furan rings is 1. The number of carbonyl (C=O) groups excluding carboxylic acids is 1. The second kappa shape index (κ2) is 5.75. The maximum absolute atomic E-state index is 11.9. The SMILES string of the molecule is CC(C)(C)n1cnc(NC(=O)NCc2ccc3occc3c2)n1. The highest BCUT2D eigenvalue weighted by atomic mass is 16.3. The summed E-state index contributed by atoms with van der Waals surface area (Å²) in [7, 11) is 0. The van der Waals surface area contributed by atoms with Gasteiger partial charge in [0.2, 0.25) is 5.95 Å². The molecule has 0 atom stereocenters. The Hall–Kier alpha value is -2.83. The molecule has 2 aromatic heterocycles. The fourth-order valence-corrected chi connectivity index (χ4v) is 2.10. The zero-order valence-corrected chi connectivity index (χ0v) is 13.3. The number of hydrogen-bond donors (Lipinski definition) is 2. The number of amides is 2. The van der Waals surface area contributed by atoms with Crippen LogP contribution in [0.2, 0.25) is 0 Å². The van der Waals surface area contributed by atoms with Crippen molar-refractivity contribution >= 4 is 22.9 Å². The molecule has 23 heavy (non-hydrogen) atoms. The Kier molecular flexibility index (Phi) is 3.77. The number of anilines is 1. The highest BCUT2D eigenvalue weighted by Gasteiger charge is 2.15. The predicted octanol–water partition coefficient (Wildman–Crippen LogP) is 3.10. The Morgan fingerprint density at radius 2 is 2.13 bits per heavy atom. The molecule has 2 heterocycles. The third kappa shape index (κ3) is 3.50. The molecule has 7 nitrogen and oxygen atoms in total. The van der Waals surface area contributed by atoms with E-state index in [9.17, 15) is 4.79 Å². The van der Waals surface area contributed by atoms with Gasteiger partial charge >= 0.3 is 6.03 Å². The molecule has 0 spiro atoms. The summed E-state index contributed by atoms with van der Waals surface area (Å²) in [4.78, 5) is 16.0. The summed E-state index contributed by atoms with van der Waals surface area (Å²) < 4.78 is 6.99. The summed E-state index contributed by atoms with van der Waals surface area (Å²) in [6.07, 6.45) is 3.24. The van der Waals surface area contributed by atoms with Gasteiger partial charge in [-0.05, 0) is 44.5 Å². The number of carbonyl (C=O) groups is 1. The van der Waals surface area contributed by atoms with E-state index in [1.54, 1.807) is 17.3 Å². The van der Waals surface area contributed by atoms with Crippen LogP contribution in [0.5, 0.6) is 0 Å². The van der Waals surface area contributed by atoms with Crippen molar-refractivity contribution in [3.8, 4) is 0 Å². The van der Waals surface area contributed by atoms with Gasteiger partial charge in [0.05, 0.1) is 11.8 Å². The topological polar surface area (TPSA) is 85.0 Å². The minimum absolute atomic E-state index is 0.177. The molecular weight excluding hydrogens is 294 g/mol. The van der Waals surface area contributed by atoms with E-state index < -0.39 is 0 Å². The van der Waals surface area contributed by atoms with E-state index in [1.165, 1.54) is 0 Å². The van der Waals surface area contributed by atoms with Crippen LogP contribution in [0.1, 0.15) is 26.3 Å². The average molecular weight is 313 g/mol. The van der Waals surface area contributed by atoms with Crippen molar-refractivity contribution in [3.63, 3.8) is 0 Å². The van der Waals surface area contributed by atoms with Crippen molar-refractivity contribution in [2.45, 2.75) is 32.9 Å². The Balaban J connectivity index is 1.58. The Morgan fingerprint density at radius 1 is 1.30 bits per heavy atom. The number of aromatic nitrogens is 3. The molecule has 2 N–H and O–H groups in total. The van der Waals surface area contributed by atoms with Crippen molar-refractivity contribution in [3.05, 3.63) is 42.4 Å². The van der Waals surface area contributed by atoms with Crippen LogP contribution in [0.15, 0.2) is 41.3 Å². The van der Waals surface area contributed by atoms with Gasteiger partial charge in [-0.2, -0.15) is 0 Å². The summed E-state index contributed by atoms with van der Waals surface area (Å²) >= 11 is 0. The monoisotopic (exact) mass is 313 g/mol. The Morgan fingerprint density at radius 3 is 2.87 bits per heavy atom. The number of hydrogen-bond acceptors (Lipinski definition) is 4. The molecular formula is C16H19N5O2. The van der Waals surface area contributed by atoms with Gasteiger partial charge in [-0.25, -0.2) is 14.5 Å². The number of benzene rings is 1. The second-order valence-electron chi connectivity index (χ2n) is 6.28. The van der Waals surface area contributed by atoms with Gasteiger partial charge in [-0.15, -0.1) is 5.10 Å². The third-order valence-electron chi connectivity index (χ3n) is 3.37. The van der Waals surface area contributed by atoms with E-state index in [1.807, 2.05) is 45.0 Å². The molecule has 3 aromatic rings. The minimum atomic E-state index is -0.344. The van der Waals surface area contributed by atoms with Gasteiger partial charge in [0, 0.05) is 11.9 Å². The smallest absolute Gasteiger partial charge is 0.321 e. The fraction of sp³-hybridized carbons (Fsp3) is 0.312. The van der Waals surface area contributed by atoms with E-state index >= 15 is 0 Å². The molecule has 7 heteroatoms. The maximum Gasteiger partial charge on any atom is 0.321 e. The lowest BCUT2D eigenvalue weighted by atomic mass is 10.1. The number of nitrogens with one attached hydrogen (secondary N) is 2. The lowest BCUT2D eigenvalue weighted by molar-refractivity contribution is 0.251. The van der Waals surface area contributed by atoms with Crippen LogP contribution in [0.25, 0.3) is 11.0 Å². The van der Waals surface area contributed by atoms with Crippen molar-refractivity contribution < 1.29 is 9.21 Å². The van der Waals surface area contributed by atoms with Gasteiger partial charge in [-0.3, -0.25) is 5.32 Å². The second-order valence-corrected chi connectivity index (χ2v) is 6.28. The largest absolute Gasteiger partial charge is 0.464 e. The highest BCUT2D eigenvalue weighted by Crippen LogP contribution is 2.17. The van der Waals surface area contributed by atoms with E-state index in [-0.39, 0.29) is 17.5 Å². The lowest BCUT2D eigenvalue weighted by Crippen LogP contribution is -2.29. The fourth-order valence-electron chi connectivity index (χ4n) is 2.10. The molecule has 120 valence electrons. The molecule has 0 saturated carbocycles. The molecule has 0 saturated heterocycles. The summed E-state index contributed by atoms with van der Waals surface area (Å²) in [5.41, 5.74) is 1.64. The van der Waals surface area contributed by atoms with Gasteiger partial charge in [0.1, 0.15) is 11.9 Å². The van der Waals surface area contributed by atoms with Crippen molar-refractivity contribution in [2.24, 2.45) is 0 Å². The van der Waals surface area contributed by atoms with E-state index in [0.717, 1.165) is 16.5 Å². The van der Waals surface area contributed by atoms with Crippen molar-refractivity contribution in [2.75, 3.05) is 5.32 Å². The first-order chi connectivity index (χ1) is 10.9. The van der Waals surface area contributed by atoms with Crippen LogP contribution in [-0.4, -0.2) is 20.8 Å². The van der Waals surface area contributed by atoms with Gasteiger partial charge in [0.25, 0.3) is 0 Å². The van der Waals surface area contributed by atoms with Crippen LogP contribution in [0.3, 0.4) is 0 Å². The maximum atomic E-state index is 11.9. The molecule has 2 amide bonds. The number of urea groups is 1. The van der Waals surface area contributed by atoms with Crippen LogP contribution in [0, 0.1) is 0 Å². The molecule has 0 radical (unpaired) electrons. The molecule has 0 fully saturated rings. The number of rotatable bonds is 3. The molecule has 0 aliphatic heterocycles. The van der Waals surface area contributed by atoms with Crippen molar-refractivity contribution in [1.29, 1.82) is 0 Å².